The molecular weight excluding hydrogens is 346 g/mol. The van der Waals surface area contributed by atoms with E-state index in [1.165, 1.54) is 26.4 Å². The number of carbonyl (C=O) groups is 2. The van der Waals surface area contributed by atoms with E-state index in [9.17, 15) is 9.59 Å². The highest BCUT2D eigenvalue weighted by atomic mass is 16.2. The Bertz CT molecular complexity index is 1360. The van der Waals surface area contributed by atoms with E-state index >= 15 is 0 Å². The normalized spacial score (nSPS) is 14.2. The Morgan fingerprint density at radius 3 is 1.71 bits per heavy atom. The number of hydrogen-bond donors (Lipinski definition) is 0. The summed E-state index contributed by atoms with van der Waals surface area (Å²) >= 11 is 0. The van der Waals surface area contributed by atoms with Crippen LogP contribution >= 0.6 is 0 Å². The zero-order valence-electron chi connectivity index (χ0n) is 15.5. The van der Waals surface area contributed by atoms with E-state index < -0.39 is 0 Å². The Morgan fingerprint density at radius 2 is 1.18 bits per heavy atom. The first-order valence-corrected chi connectivity index (χ1v) is 9.69. The number of amides is 2. The van der Waals surface area contributed by atoms with Crippen LogP contribution in [-0.2, 0) is 0 Å². The van der Waals surface area contributed by atoms with Gasteiger partial charge in [0.25, 0.3) is 11.8 Å². The van der Waals surface area contributed by atoms with E-state index in [0.717, 1.165) is 28.0 Å². The van der Waals surface area contributed by atoms with E-state index in [4.69, 9.17) is 0 Å². The number of hydrogen-bond acceptors (Lipinski definition) is 2. The summed E-state index contributed by atoms with van der Waals surface area (Å²) in [7, 11) is 0. The molecule has 134 valence electrons. The zero-order chi connectivity index (χ0) is 19.0. The maximum absolute atomic E-state index is 13.1. The summed E-state index contributed by atoms with van der Waals surface area (Å²) < 4.78 is 0. The van der Waals surface area contributed by atoms with Crippen LogP contribution in [0, 0.1) is 0 Å². The molecule has 3 heteroatoms. The number of carbonyl (C=O) groups excluding carboxylic acids is 2. The molecule has 6 rings (SSSR count). The van der Waals surface area contributed by atoms with Gasteiger partial charge in [-0.1, -0.05) is 55.5 Å². The van der Waals surface area contributed by atoms with Gasteiger partial charge >= 0.3 is 0 Å². The van der Waals surface area contributed by atoms with E-state index in [0.29, 0.717) is 17.7 Å². The van der Waals surface area contributed by atoms with E-state index in [1.807, 2.05) is 31.2 Å². The first kappa shape index (κ1) is 15.6. The van der Waals surface area contributed by atoms with Crippen LogP contribution in [0.4, 0.5) is 0 Å². The third kappa shape index (κ3) is 1.74. The van der Waals surface area contributed by atoms with Gasteiger partial charge in [0.15, 0.2) is 0 Å². The molecule has 3 nitrogen and oxygen atoms in total. The SMILES string of the molecule is CCCN1C(=O)c2ccc3c4cccc5cccc(c6ccc(c2c36)C1=O)c54. The number of imide groups is 1. The van der Waals surface area contributed by atoms with Crippen LogP contribution in [0.25, 0.3) is 43.1 Å². The summed E-state index contributed by atoms with van der Waals surface area (Å²) in [5.74, 6) is -0.361. The van der Waals surface area contributed by atoms with Gasteiger partial charge in [-0.25, -0.2) is 0 Å². The van der Waals surface area contributed by atoms with Crippen molar-refractivity contribution < 1.29 is 9.59 Å². The van der Waals surface area contributed by atoms with Gasteiger partial charge < -0.3 is 0 Å². The molecule has 28 heavy (non-hydrogen) atoms. The second-order valence-electron chi connectivity index (χ2n) is 7.54. The number of benzene rings is 5. The van der Waals surface area contributed by atoms with Crippen molar-refractivity contribution in [1.29, 1.82) is 0 Å². The van der Waals surface area contributed by atoms with Crippen LogP contribution in [-0.4, -0.2) is 23.3 Å². The van der Waals surface area contributed by atoms with Crippen molar-refractivity contribution in [3.05, 3.63) is 71.8 Å². The molecule has 1 heterocycles. The highest BCUT2D eigenvalue weighted by Crippen LogP contribution is 2.43. The van der Waals surface area contributed by atoms with Gasteiger partial charge in [0.2, 0.25) is 0 Å². The third-order valence-electron chi connectivity index (χ3n) is 6.04. The van der Waals surface area contributed by atoms with Crippen LogP contribution in [0.5, 0.6) is 0 Å². The molecule has 0 bridgehead atoms. The van der Waals surface area contributed by atoms with Crippen molar-refractivity contribution >= 4 is 54.9 Å². The molecule has 0 aromatic heterocycles. The summed E-state index contributed by atoms with van der Waals surface area (Å²) in [6.45, 7) is 2.43. The van der Waals surface area contributed by atoms with Crippen molar-refractivity contribution in [2.45, 2.75) is 13.3 Å². The van der Waals surface area contributed by atoms with E-state index in [2.05, 4.69) is 36.4 Å². The summed E-state index contributed by atoms with van der Waals surface area (Å²) in [4.78, 5) is 27.5. The first-order chi connectivity index (χ1) is 13.7. The van der Waals surface area contributed by atoms with Crippen molar-refractivity contribution in [1.82, 2.24) is 4.90 Å². The molecule has 0 unspecified atom stereocenters. The maximum Gasteiger partial charge on any atom is 0.261 e. The molecule has 2 amide bonds. The van der Waals surface area contributed by atoms with Gasteiger partial charge in [0, 0.05) is 23.1 Å². The topological polar surface area (TPSA) is 37.4 Å². The largest absolute Gasteiger partial charge is 0.274 e. The lowest BCUT2D eigenvalue weighted by atomic mass is 9.85. The molecule has 5 aromatic carbocycles. The molecule has 0 fully saturated rings. The Hall–Kier alpha value is -3.46. The second-order valence-corrected chi connectivity index (χ2v) is 7.54. The molecule has 1 aliphatic rings. The van der Waals surface area contributed by atoms with E-state index in [1.54, 1.807) is 0 Å². The Balaban J connectivity index is 1.87. The lowest BCUT2D eigenvalue weighted by molar-refractivity contribution is 0.0611. The molecule has 0 spiro atoms. The average molecular weight is 363 g/mol. The Kier molecular flexibility index (Phi) is 2.95. The van der Waals surface area contributed by atoms with Gasteiger partial charge in [-0.05, 0) is 56.3 Å². The quantitative estimate of drug-likeness (QED) is 0.228. The van der Waals surface area contributed by atoms with Crippen molar-refractivity contribution in [2.24, 2.45) is 0 Å². The van der Waals surface area contributed by atoms with Gasteiger partial charge in [-0.2, -0.15) is 0 Å². The smallest absolute Gasteiger partial charge is 0.261 e. The molecular formula is C25H17NO2. The van der Waals surface area contributed by atoms with Crippen LogP contribution < -0.4 is 0 Å². The first-order valence-electron chi connectivity index (χ1n) is 9.69. The van der Waals surface area contributed by atoms with Gasteiger partial charge in [0.05, 0.1) is 0 Å². The van der Waals surface area contributed by atoms with Gasteiger partial charge in [-0.3, -0.25) is 14.5 Å². The molecule has 1 aliphatic heterocycles. The Morgan fingerprint density at radius 1 is 0.643 bits per heavy atom. The van der Waals surface area contributed by atoms with Crippen molar-refractivity contribution in [3.63, 3.8) is 0 Å². The van der Waals surface area contributed by atoms with E-state index in [-0.39, 0.29) is 11.8 Å². The van der Waals surface area contributed by atoms with Gasteiger partial charge in [0.1, 0.15) is 0 Å². The molecule has 5 aromatic rings. The molecule has 0 atom stereocenters. The number of nitrogens with zero attached hydrogens (tertiary/aromatic N) is 1. The van der Waals surface area contributed by atoms with Crippen LogP contribution in [0.1, 0.15) is 34.1 Å². The molecule has 0 aliphatic carbocycles. The number of fused-ring (bicyclic) bond motifs is 2. The minimum Gasteiger partial charge on any atom is -0.274 e. The summed E-state index contributed by atoms with van der Waals surface area (Å²) in [6.07, 6.45) is 0.751. The lowest BCUT2D eigenvalue weighted by Gasteiger charge is -2.28. The van der Waals surface area contributed by atoms with Crippen LogP contribution in [0.3, 0.4) is 0 Å². The molecule has 0 radical (unpaired) electrons. The molecule has 0 saturated heterocycles. The van der Waals surface area contributed by atoms with Crippen molar-refractivity contribution in [2.75, 3.05) is 6.54 Å². The number of rotatable bonds is 2. The minimum atomic E-state index is -0.180. The fourth-order valence-corrected chi connectivity index (χ4v) is 4.90. The molecule has 0 N–H and O–H groups in total. The lowest BCUT2D eigenvalue weighted by Crippen LogP contribution is -2.40. The standard InChI is InChI=1S/C25H17NO2/c1-2-13-26-24(27)19-11-9-17-15-7-3-5-14-6-4-8-16(21(14)15)18-10-12-20(25(26)28)23(19)22(17)18/h3-12H,2,13H2,1H3. The highest BCUT2D eigenvalue weighted by Gasteiger charge is 2.33. The predicted octanol–water partition coefficient (Wildman–Crippen LogP) is 5.74. The minimum absolute atomic E-state index is 0.180. The molecule has 0 saturated carbocycles. The second kappa shape index (κ2) is 5.29. The third-order valence-corrected chi connectivity index (χ3v) is 6.04. The van der Waals surface area contributed by atoms with Crippen LogP contribution in [0.2, 0.25) is 0 Å². The monoisotopic (exact) mass is 363 g/mol. The summed E-state index contributed by atoms with van der Waals surface area (Å²) in [6, 6.07) is 20.6. The average Bonchev–Trinajstić information content (AvgIpc) is 2.73. The predicted molar refractivity (Wildman–Crippen MR) is 113 cm³/mol. The highest BCUT2D eigenvalue weighted by molar-refractivity contribution is 6.38. The van der Waals surface area contributed by atoms with Crippen molar-refractivity contribution in [3.8, 4) is 0 Å². The Labute approximate surface area is 161 Å². The maximum atomic E-state index is 13.1. The zero-order valence-corrected chi connectivity index (χ0v) is 15.5. The fourth-order valence-electron chi connectivity index (χ4n) is 4.90. The van der Waals surface area contributed by atoms with Crippen LogP contribution in [0.15, 0.2) is 60.7 Å². The fraction of sp³-hybridized carbons (Fsp3) is 0.120. The summed E-state index contributed by atoms with van der Waals surface area (Å²) in [5, 5.41) is 8.81. The summed E-state index contributed by atoms with van der Waals surface area (Å²) in [5.41, 5.74) is 1.27. The van der Waals surface area contributed by atoms with Gasteiger partial charge in [-0.15, -0.1) is 0 Å².